The number of fused-ring (bicyclic) bond motifs is 1. The first kappa shape index (κ1) is 18.8. The number of aryl methyl sites for hydroxylation is 2. The molecule has 1 amide bonds. The molecule has 28 heavy (non-hydrogen) atoms. The molecule has 4 aromatic rings. The van der Waals surface area contributed by atoms with Crippen LogP contribution in [0.5, 0.6) is 0 Å². The Kier molecular flexibility index (Phi) is 5.50. The second kappa shape index (κ2) is 8.20. The van der Waals surface area contributed by atoms with Gasteiger partial charge >= 0.3 is 0 Å². The van der Waals surface area contributed by atoms with E-state index in [0.717, 1.165) is 11.4 Å². The van der Waals surface area contributed by atoms with Crippen LogP contribution in [0.25, 0.3) is 10.9 Å². The summed E-state index contributed by atoms with van der Waals surface area (Å²) < 4.78 is 2.28. The van der Waals surface area contributed by atoms with E-state index in [1.165, 1.54) is 38.9 Å². The summed E-state index contributed by atoms with van der Waals surface area (Å²) >= 11 is 2.99. The van der Waals surface area contributed by atoms with Crippen LogP contribution < -0.4 is 5.32 Å². The van der Waals surface area contributed by atoms with Gasteiger partial charge in [-0.15, -0.1) is 23.1 Å². The number of nitrogens with zero attached hydrogens (tertiary/aromatic N) is 2. The third kappa shape index (κ3) is 4.13. The molecule has 6 heteroatoms. The van der Waals surface area contributed by atoms with Gasteiger partial charge in [-0.2, -0.15) is 0 Å². The quantitative estimate of drug-likeness (QED) is 0.430. The van der Waals surface area contributed by atoms with E-state index in [0.29, 0.717) is 10.9 Å². The molecule has 0 radical (unpaired) electrons. The highest BCUT2D eigenvalue weighted by Gasteiger charge is 2.12. The standard InChI is InChI=1S/C22H21N3OS2/c1-15-7-8-16(2)17(11-15)12-25-13-20(18-5-3-4-6-19(18)25)28-14-21(26)24-22-23-9-10-27-22/h3-11,13H,12,14H2,1-2H3,(H,23,24,26). The van der Waals surface area contributed by atoms with E-state index in [2.05, 4.69) is 71.3 Å². The number of benzene rings is 2. The summed E-state index contributed by atoms with van der Waals surface area (Å²) in [5, 5.41) is 6.51. The number of aromatic nitrogens is 2. The van der Waals surface area contributed by atoms with Crippen LogP contribution in [0.1, 0.15) is 16.7 Å². The molecule has 0 spiro atoms. The van der Waals surface area contributed by atoms with Crippen molar-refractivity contribution in [2.75, 3.05) is 11.1 Å². The first-order valence-electron chi connectivity index (χ1n) is 9.06. The zero-order valence-electron chi connectivity index (χ0n) is 15.8. The second-order valence-electron chi connectivity index (χ2n) is 6.74. The molecule has 0 atom stereocenters. The number of carbonyl (C=O) groups is 1. The Balaban J connectivity index is 1.56. The number of carbonyl (C=O) groups excluding carboxylic acids is 1. The van der Waals surface area contributed by atoms with Crippen LogP contribution in [0.4, 0.5) is 5.13 Å². The van der Waals surface area contributed by atoms with Gasteiger partial charge < -0.3 is 9.88 Å². The molecule has 0 unspecified atom stereocenters. The van der Waals surface area contributed by atoms with Crippen LogP contribution in [-0.4, -0.2) is 21.2 Å². The molecule has 0 aliphatic rings. The van der Waals surface area contributed by atoms with Crippen molar-refractivity contribution < 1.29 is 4.79 Å². The van der Waals surface area contributed by atoms with Gasteiger partial charge in [0.1, 0.15) is 0 Å². The lowest BCUT2D eigenvalue weighted by atomic mass is 10.1. The Morgan fingerprint density at radius 2 is 2.07 bits per heavy atom. The molecule has 0 aliphatic carbocycles. The molecule has 0 saturated carbocycles. The minimum Gasteiger partial charge on any atom is -0.342 e. The molecule has 4 rings (SSSR count). The van der Waals surface area contributed by atoms with Crippen LogP contribution in [0.3, 0.4) is 0 Å². The summed E-state index contributed by atoms with van der Waals surface area (Å²) in [5.74, 6) is 0.322. The van der Waals surface area contributed by atoms with E-state index in [4.69, 9.17) is 0 Å². The fraction of sp³-hybridized carbons (Fsp3) is 0.182. The molecule has 1 N–H and O–H groups in total. The van der Waals surface area contributed by atoms with Crippen molar-refractivity contribution in [1.82, 2.24) is 9.55 Å². The van der Waals surface area contributed by atoms with Gasteiger partial charge in [0.2, 0.25) is 5.91 Å². The third-order valence-electron chi connectivity index (χ3n) is 4.63. The van der Waals surface area contributed by atoms with Gasteiger partial charge in [0.05, 0.1) is 5.75 Å². The van der Waals surface area contributed by atoms with Gasteiger partial charge in [-0.3, -0.25) is 4.79 Å². The summed E-state index contributed by atoms with van der Waals surface area (Å²) in [5.41, 5.74) is 5.07. The normalized spacial score (nSPS) is 11.1. The van der Waals surface area contributed by atoms with Gasteiger partial charge in [-0.05, 0) is 31.0 Å². The molecule has 4 nitrogen and oxygen atoms in total. The van der Waals surface area contributed by atoms with Gasteiger partial charge in [0.15, 0.2) is 5.13 Å². The minimum absolute atomic E-state index is 0.0358. The van der Waals surface area contributed by atoms with Crippen LogP contribution in [0, 0.1) is 13.8 Å². The molecular weight excluding hydrogens is 386 g/mol. The maximum absolute atomic E-state index is 12.2. The number of hydrogen-bond donors (Lipinski definition) is 1. The van der Waals surface area contributed by atoms with E-state index in [1.54, 1.807) is 18.0 Å². The van der Waals surface area contributed by atoms with Crippen LogP contribution in [0.2, 0.25) is 0 Å². The Labute approximate surface area is 172 Å². The number of hydrogen-bond acceptors (Lipinski definition) is 4. The van der Waals surface area contributed by atoms with Crippen molar-refractivity contribution in [3.05, 3.63) is 76.9 Å². The van der Waals surface area contributed by atoms with Crippen LogP contribution >= 0.6 is 23.1 Å². The average Bonchev–Trinajstić information content (AvgIpc) is 3.31. The number of rotatable bonds is 6. The predicted octanol–water partition coefficient (Wildman–Crippen LogP) is 5.49. The zero-order valence-corrected chi connectivity index (χ0v) is 17.4. The molecule has 0 aliphatic heterocycles. The maximum atomic E-state index is 12.2. The van der Waals surface area contributed by atoms with E-state index >= 15 is 0 Å². The summed E-state index contributed by atoms with van der Waals surface area (Å²) in [7, 11) is 0. The minimum atomic E-state index is -0.0358. The predicted molar refractivity (Wildman–Crippen MR) is 118 cm³/mol. The lowest BCUT2D eigenvalue weighted by Gasteiger charge is -2.09. The van der Waals surface area contributed by atoms with Crippen molar-refractivity contribution in [1.29, 1.82) is 0 Å². The third-order valence-corrected chi connectivity index (χ3v) is 6.37. The van der Waals surface area contributed by atoms with Gasteiger partial charge in [-0.1, -0.05) is 42.0 Å². The van der Waals surface area contributed by atoms with E-state index in [1.807, 2.05) is 11.4 Å². The highest BCUT2D eigenvalue weighted by Crippen LogP contribution is 2.31. The molecule has 2 heterocycles. The molecule has 0 fully saturated rings. The van der Waals surface area contributed by atoms with Crippen molar-refractivity contribution >= 4 is 45.0 Å². The SMILES string of the molecule is Cc1ccc(C)c(Cn2cc(SCC(=O)Nc3nccs3)c3ccccc32)c1. The summed E-state index contributed by atoms with van der Waals surface area (Å²) in [6, 6.07) is 14.9. The van der Waals surface area contributed by atoms with E-state index < -0.39 is 0 Å². The summed E-state index contributed by atoms with van der Waals surface area (Å²) in [4.78, 5) is 17.4. The molecule has 0 saturated heterocycles. The molecule has 2 aromatic heterocycles. The maximum Gasteiger partial charge on any atom is 0.236 e. The number of anilines is 1. The number of nitrogens with one attached hydrogen (secondary N) is 1. The molecule has 2 aromatic carbocycles. The summed E-state index contributed by atoms with van der Waals surface area (Å²) in [6.07, 6.45) is 3.85. The van der Waals surface area contributed by atoms with Crippen LogP contribution in [0.15, 0.2) is 65.1 Å². The van der Waals surface area contributed by atoms with Crippen molar-refractivity contribution in [2.45, 2.75) is 25.3 Å². The first-order valence-corrected chi connectivity index (χ1v) is 10.9. The topological polar surface area (TPSA) is 46.9 Å². The summed E-state index contributed by atoms with van der Waals surface area (Å²) in [6.45, 7) is 5.10. The number of thiazole rings is 1. The Bertz CT molecular complexity index is 1120. The van der Waals surface area contributed by atoms with E-state index in [-0.39, 0.29) is 5.91 Å². The Morgan fingerprint density at radius 1 is 1.21 bits per heavy atom. The average molecular weight is 408 g/mol. The lowest BCUT2D eigenvalue weighted by Crippen LogP contribution is -2.13. The highest BCUT2D eigenvalue weighted by molar-refractivity contribution is 8.00. The van der Waals surface area contributed by atoms with Crippen molar-refractivity contribution in [2.24, 2.45) is 0 Å². The molecule has 142 valence electrons. The van der Waals surface area contributed by atoms with Gasteiger partial charge in [0, 0.05) is 40.1 Å². The van der Waals surface area contributed by atoms with Gasteiger partial charge in [0.25, 0.3) is 0 Å². The lowest BCUT2D eigenvalue weighted by molar-refractivity contribution is -0.113. The second-order valence-corrected chi connectivity index (χ2v) is 8.65. The van der Waals surface area contributed by atoms with Gasteiger partial charge in [-0.25, -0.2) is 4.98 Å². The first-order chi connectivity index (χ1) is 13.6. The fourth-order valence-electron chi connectivity index (χ4n) is 3.20. The Morgan fingerprint density at radius 3 is 2.89 bits per heavy atom. The largest absolute Gasteiger partial charge is 0.342 e. The monoisotopic (exact) mass is 407 g/mol. The van der Waals surface area contributed by atoms with E-state index in [9.17, 15) is 4.79 Å². The van der Waals surface area contributed by atoms with Crippen molar-refractivity contribution in [3.63, 3.8) is 0 Å². The highest BCUT2D eigenvalue weighted by atomic mass is 32.2. The Hall–Kier alpha value is -2.57. The smallest absolute Gasteiger partial charge is 0.236 e. The number of para-hydroxylation sites is 1. The van der Waals surface area contributed by atoms with Crippen molar-refractivity contribution in [3.8, 4) is 0 Å². The molecule has 0 bridgehead atoms. The zero-order chi connectivity index (χ0) is 19.5. The number of amides is 1. The van der Waals surface area contributed by atoms with Crippen LogP contribution in [-0.2, 0) is 11.3 Å². The number of thioether (sulfide) groups is 1. The molecular formula is C22H21N3OS2. The fourth-order valence-corrected chi connectivity index (χ4v) is 4.63.